The number of aliphatic carboxylic acids is 1. The van der Waals surface area contributed by atoms with Gasteiger partial charge in [-0.2, -0.15) is 0 Å². The van der Waals surface area contributed by atoms with E-state index in [-0.39, 0.29) is 5.75 Å². The minimum Gasteiger partial charge on any atom is -0.872 e. The molecule has 0 bridgehead atoms. The molecule has 0 aliphatic carbocycles. The highest BCUT2D eigenvalue weighted by Gasteiger charge is 2.34. The van der Waals surface area contributed by atoms with E-state index in [1.165, 1.54) is 12.1 Å². The molecular weight excluding hydrogens is 248 g/mol. The number of ether oxygens (including phenoxy) is 1. The lowest BCUT2D eigenvalue weighted by Crippen LogP contribution is -2.39. The van der Waals surface area contributed by atoms with Crippen LogP contribution in [0.2, 0.25) is 0 Å². The molecule has 1 aromatic carbocycles. The molecule has 0 unspecified atom stereocenters. The third kappa shape index (κ3) is 2.88. The smallest absolute Gasteiger partial charge is 0.328 e. The molecule has 1 aliphatic heterocycles. The zero-order valence-corrected chi connectivity index (χ0v) is 10.7. The minimum atomic E-state index is -1.11. The van der Waals surface area contributed by atoms with Crippen LogP contribution in [0.4, 0.5) is 0 Å². The molecule has 0 saturated carbocycles. The summed E-state index contributed by atoms with van der Waals surface area (Å²) in [7, 11) is 0. The summed E-state index contributed by atoms with van der Waals surface area (Å²) in [4.78, 5) is 10.5. The highest BCUT2D eigenvalue weighted by Crippen LogP contribution is 2.36. The van der Waals surface area contributed by atoms with Crippen LogP contribution in [-0.4, -0.2) is 27.9 Å². The SMILES string of the molecule is CC(C)(O)[C@@H]1Cc2cc(/C=C/C(=O)O)c([O-])cc2O1. The number of hydrogen-bond acceptors (Lipinski definition) is 4. The first-order valence-electron chi connectivity index (χ1n) is 5.91. The van der Waals surface area contributed by atoms with Crippen molar-refractivity contribution in [2.75, 3.05) is 0 Å². The van der Waals surface area contributed by atoms with Gasteiger partial charge in [-0.1, -0.05) is 5.75 Å². The molecule has 0 aromatic heterocycles. The summed E-state index contributed by atoms with van der Waals surface area (Å²) >= 11 is 0. The zero-order chi connectivity index (χ0) is 14.2. The number of benzene rings is 1. The van der Waals surface area contributed by atoms with Crippen molar-refractivity contribution >= 4 is 12.0 Å². The molecule has 1 aliphatic rings. The molecular formula is C14H15O5-. The second-order valence-electron chi connectivity index (χ2n) is 5.13. The Bertz CT molecular complexity index is 540. The lowest BCUT2D eigenvalue weighted by Gasteiger charge is -2.24. The summed E-state index contributed by atoms with van der Waals surface area (Å²) in [6.07, 6.45) is 2.28. The van der Waals surface area contributed by atoms with Gasteiger partial charge in [-0.15, -0.1) is 0 Å². The van der Waals surface area contributed by atoms with E-state index >= 15 is 0 Å². The van der Waals surface area contributed by atoms with E-state index in [1.54, 1.807) is 19.9 Å². The fraction of sp³-hybridized carbons (Fsp3) is 0.357. The van der Waals surface area contributed by atoms with Crippen molar-refractivity contribution in [3.05, 3.63) is 29.3 Å². The van der Waals surface area contributed by atoms with E-state index in [2.05, 4.69) is 0 Å². The van der Waals surface area contributed by atoms with E-state index in [1.807, 2.05) is 0 Å². The summed E-state index contributed by atoms with van der Waals surface area (Å²) in [5.41, 5.74) is 0.108. The largest absolute Gasteiger partial charge is 0.872 e. The Kier molecular flexibility index (Phi) is 3.24. The maximum Gasteiger partial charge on any atom is 0.328 e. The summed E-state index contributed by atoms with van der Waals surface area (Å²) in [5.74, 6) is -0.942. The van der Waals surface area contributed by atoms with Gasteiger partial charge in [0.2, 0.25) is 0 Å². The summed E-state index contributed by atoms with van der Waals surface area (Å²) in [6.45, 7) is 3.29. The van der Waals surface area contributed by atoms with Gasteiger partial charge in [-0.05, 0) is 43.2 Å². The van der Waals surface area contributed by atoms with Crippen LogP contribution in [0.3, 0.4) is 0 Å². The van der Waals surface area contributed by atoms with Gasteiger partial charge in [0.15, 0.2) is 0 Å². The van der Waals surface area contributed by atoms with Crippen LogP contribution in [0, 0.1) is 0 Å². The van der Waals surface area contributed by atoms with Gasteiger partial charge in [-0.25, -0.2) is 4.79 Å². The topological polar surface area (TPSA) is 89.8 Å². The fourth-order valence-corrected chi connectivity index (χ4v) is 1.97. The molecule has 1 aromatic rings. The maximum absolute atomic E-state index is 11.8. The fourth-order valence-electron chi connectivity index (χ4n) is 1.97. The molecule has 0 fully saturated rings. The Morgan fingerprint density at radius 2 is 2.21 bits per heavy atom. The molecule has 0 amide bonds. The predicted octanol–water partition coefficient (Wildman–Crippen LogP) is 0.932. The van der Waals surface area contributed by atoms with Crippen LogP contribution < -0.4 is 9.84 Å². The summed E-state index contributed by atoms with van der Waals surface area (Å²) in [5, 5.41) is 30.2. The number of hydrogen-bond donors (Lipinski definition) is 2. The second-order valence-corrected chi connectivity index (χ2v) is 5.13. The Hall–Kier alpha value is -2.01. The molecule has 102 valence electrons. The number of carboxylic acid groups (broad SMARTS) is 1. The minimum absolute atomic E-state index is 0.298. The molecule has 2 rings (SSSR count). The van der Waals surface area contributed by atoms with Crippen molar-refractivity contribution in [2.24, 2.45) is 0 Å². The van der Waals surface area contributed by atoms with Gasteiger partial charge < -0.3 is 20.1 Å². The van der Waals surface area contributed by atoms with Crippen LogP contribution >= 0.6 is 0 Å². The van der Waals surface area contributed by atoms with Crippen LogP contribution in [0.25, 0.3) is 6.08 Å². The molecule has 5 nitrogen and oxygen atoms in total. The average molecular weight is 263 g/mol. The second kappa shape index (κ2) is 4.59. The molecule has 1 heterocycles. The first-order valence-corrected chi connectivity index (χ1v) is 5.91. The number of carbonyl (C=O) groups is 1. The van der Waals surface area contributed by atoms with E-state index in [4.69, 9.17) is 9.84 Å². The molecule has 0 spiro atoms. The van der Waals surface area contributed by atoms with Crippen molar-refractivity contribution in [1.29, 1.82) is 0 Å². The molecule has 5 heteroatoms. The van der Waals surface area contributed by atoms with Crippen LogP contribution in [0.15, 0.2) is 18.2 Å². The Balaban J connectivity index is 2.30. The highest BCUT2D eigenvalue weighted by atomic mass is 16.5. The Morgan fingerprint density at radius 3 is 2.79 bits per heavy atom. The van der Waals surface area contributed by atoms with Gasteiger partial charge in [0, 0.05) is 12.5 Å². The normalized spacial score (nSPS) is 18.4. The third-order valence-corrected chi connectivity index (χ3v) is 3.06. The Morgan fingerprint density at radius 1 is 1.53 bits per heavy atom. The average Bonchev–Trinajstić information content (AvgIpc) is 2.68. The van der Waals surface area contributed by atoms with Crippen LogP contribution in [-0.2, 0) is 11.2 Å². The molecule has 0 saturated heterocycles. The van der Waals surface area contributed by atoms with Crippen molar-refractivity contribution < 1.29 is 24.9 Å². The van der Waals surface area contributed by atoms with Crippen molar-refractivity contribution in [2.45, 2.75) is 32.0 Å². The van der Waals surface area contributed by atoms with Gasteiger partial charge in [0.1, 0.15) is 11.9 Å². The first-order chi connectivity index (χ1) is 8.77. The van der Waals surface area contributed by atoms with E-state index in [0.717, 1.165) is 11.6 Å². The molecule has 0 radical (unpaired) electrons. The number of aliphatic hydroxyl groups is 1. The van der Waals surface area contributed by atoms with Crippen LogP contribution in [0.1, 0.15) is 25.0 Å². The van der Waals surface area contributed by atoms with Crippen LogP contribution in [0.5, 0.6) is 11.5 Å². The highest BCUT2D eigenvalue weighted by molar-refractivity contribution is 5.86. The predicted molar refractivity (Wildman–Crippen MR) is 67.0 cm³/mol. The number of fused-ring (bicyclic) bond motifs is 1. The molecule has 1 atom stereocenters. The van der Waals surface area contributed by atoms with E-state index in [0.29, 0.717) is 17.7 Å². The van der Waals surface area contributed by atoms with Crippen molar-refractivity contribution in [3.8, 4) is 11.5 Å². The standard InChI is InChI=1S/C14H16O5/c1-14(2,18)12-6-9-5-8(3-4-13(16)17)10(15)7-11(9)19-12/h3-5,7,12,15,18H,6H2,1-2H3,(H,16,17)/p-1/b4-3+/t12-/m0/s1. The molecule has 19 heavy (non-hydrogen) atoms. The maximum atomic E-state index is 11.8. The first kappa shape index (κ1) is 13.4. The van der Waals surface area contributed by atoms with Gasteiger partial charge in [0.05, 0.1) is 5.60 Å². The summed E-state index contributed by atoms with van der Waals surface area (Å²) < 4.78 is 5.54. The zero-order valence-electron chi connectivity index (χ0n) is 10.7. The van der Waals surface area contributed by atoms with Crippen molar-refractivity contribution in [3.63, 3.8) is 0 Å². The van der Waals surface area contributed by atoms with Gasteiger partial charge in [-0.3, -0.25) is 0 Å². The van der Waals surface area contributed by atoms with Gasteiger partial charge in [0.25, 0.3) is 0 Å². The van der Waals surface area contributed by atoms with E-state index < -0.39 is 17.7 Å². The van der Waals surface area contributed by atoms with E-state index in [9.17, 15) is 15.0 Å². The Labute approximate surface area is 110 Å². The lowest BCUT2D eigenvalue weighted by molar-refractivity contribution is -0.268. The molecule has 2 N–H and O–H groups in total. The van der Waals surface area contributed by atoms with Gasteiger partial charge >= 0.3 is 5.97 Å². The quantitative estimate of drug-likeness (QED) is 0.792. The monoisotopic (exact) mass is 263 g/mol. The summed E-state index contributed by atoms with van der Waals surface area (Å²) in [6, 6.07) is 2.95. The number of carboxylic acids is 1. The number of rotatable bonds is 3. The lowest BCUT2D eigenvalue weighted by atomic mass is 9.96. The third-order valence-electron chi connectivity index (χ3n) is 3.06. The van der Waals surface area contributed by atoms with Crippen molar-refractivity contribution in [1.82, 2.24) is 0 Å².